The summed E-state index contributed by atoms with van der Waals surface area (Å²) >= 11 is 6.00. The fourth-order valence-corrected chi connectivity index (χ4v) is 3.87. The first-order valence-electron chi connectivity index (χ1n) is 9.89. The van der Waals surface area contributed by atoms with Crippen LogP contribution in [-0.4, -0.2) is 42.3 Å². The Morgan fingerprint density at radius 3 is 2.31 bits per heavy atom. The topological polar surface area (TPSA) is 79.6 Å². The Morgan fingerprint density at radius 2 is 1.83 bits per heavy atom. The van der Waals surface area contributed by atoms with Gasteiger partial charge in [-0.1, -0.05) is 23.7 Å². The number of esters is 1. The van der Waals surface area contributed by atoms with E-state index in [0.717, 1.165) is 5.56 Å². The maximum Gasteiger partial charge on any atom is 0.410 e. The summed E-state index contributed by atoms with van der Waals surface area (Å²) in [5.41, 5.74) is -0.380. The van der Waals surface area contributed by atoms with E-state index in [2.05, 4.69) is 6.07 Å². The van der Waals surface area contributed by atoms with Crippen LogP contribution in [0.15, 0.2) is 24.3 Å². The second-order valence-corrected chi connectivity index (χ2v) is 8.86. The average Bonchev–Trinajstić information content (AvgIpc) is 2.63. The molecule has 0 aromatic heterocycles. The highest BCUT2D eigenvalue weighted by atomic mass is 35.5. The molecule has 2 rings (SSSR count). The molecule has 0 radical (unpaired) electrons. The summed E-state index contributed by atoms with van der Waals surface area (Å²) in [6.07, 6.45) is 0.768. The summed E-state index contributed by atoms with van der Waals surface area (Å²) in [7, 11) is 0. The Bertz CT molecular complexity index is 757. The lowest BCUT2D eigenvalue weighted by Crippen LogP contribution is -2.47. The summed E-state index contributed by atoms with van der Waals surface area (Å²) in [4.78, 5) is 26.4. The van der Waals surface area contributed by atoms with E-state index in [0.29, 0.717) is 31.0 Å². The van der Waals surface area contributed by atoms with Crippen LogP contribution in [0.1, 0.15) is 58.4 Å². The highest BCUT2D eigenvalue weighted by Gasteiger charge is 2.45. The Labute approximate surface area is 177 Å². The van der Waals surface area contributed by atoms with E-state index in [4.69, 9.17) is 21.1 Å². The summed E-state index contributed by atoms with van der Waals surface area (Å²) < 4.78 is 10.7. The van der Waals surface area contributed by atoms with Crippen LogP contribution in [0.2, 0.25) is 5.02 Å². The number of carbonyl (C=O) groups is 2. The molecular weight excluding hydrogens is 392 g/mol. The van der Waals surface area contributed by atoms with Gasteiger partial charge in [0, 0.05) is 23.5 Å². The van der Waals surface area contributed by atoms with Crippen LogP contribution in [-0.2, 0) is 14.3 Å². The molecule has 6 nitrogen and oxygen atoms in total. The van der Waals surface area contributed by atoms with E-state index < -0.39 is 16.9 Å². The zero-order valence-corrected chi connectivity index (χ0v) is 18.3. The smallest absolute Gasteiger partial charge is 0.410 e. The van der Waals surface area contributed by atoms with Gasteiger partial charge in [-0.15, -0.1) is 0 Å². The predicted octanol–water partition coefficient (Wildman–Crippen LogP) is 4.92. The number of hydrogen-bond acceptors (Lipinski definition) is 5. The Kier molecular flexibility index (Phi) is 7.54. The van der Waals surface area contributed by atoms with Crippen molar-refractivity contribution in [3.05, 3.63) is 34.9 Å². The molecule has 1 atom stereocenters. The second-order valence-electron chi connectivity index (χ2n) is 8.43. The lowest BCUT2D eigenvalue weighted by atomic mass is 9.65. The number of piperidine rings is 1. The van der Waals surface area contributed by atoms with E-state index in [9.17, 15) is 14.9 Å². The minimum atomic E-state index is -0.618. The molecule has 0 spiro atoms. The Balaban J connectivity index is 2.26. The van der Waals surface area contributed by atoms with Gasteiger partial charge in [0.1, 0.15) is 5.60 Å². The van der Waals surface area contributed by atoms with E-state index >= 15 is 0 Å². The summed E-state index contributed by atoms with van der Waals surface area (Å²) in [6, 6.07) is 9.53. The van der Waals surface area contributed by atoms with Gasteiger partial charge in [-0.05, 0) is 58.2 Å². The number of nitrogens with zero attached hydrogens (tertiary/aromatic N) is 2. The molecule has 1 aliphatic heterocycles. The highest BCUT2D eigenvalue weighted by molar-refractivity contribution is 6.30. The number of rotatable bonds is 5. The number of halogens is 1. The van der Waals surface area contributed by atoms with Crippen molar-refractivity contribution in [1.29, 1.82) is 5.26 Å². The third-order valence-electron chi connectivity index (χ3n) is 5.16. The van der Waals surface area contributed by atoms with Crippen LogP contribution in [0.4, 0.5) is 4.79 Å². The zero-order chi connectivity index (χ0) is 21.7. The lowest BCUT2D eigenvalue weighted by molar-refractivity contribution is -0.147. The molecule has 1 unspecified atom stereocenters. The van der Waals surface area contributed by atoms with Gasteiger partial charge in [0.05, 0.1) is 25.0 Å². The molecule has 0 bridgehead atoms. The molecule has 1 amide bonds. The fourth-order valence-electron chi connectivity index (χ4n) is 3.75. The largest absolute Gasteiger partial charge is 0.466 e. The number of carbonyl (C=O) groups excluding carboxylic acids is 2. The van der Waals surface area contributed by atoms with Crippen LogP contribution in [0.5, 0.6) is 0 Å². The number of ether oxygens (including phenoxy) is 2. The molecular formula is C22H29ClN2O4. The van der Waals surface area contributed by atoms with E-state index in [-0.39, 0.29) is 25.1 Å². The molecule has 0 aliphatic carbocycles. The number of benzene rings is 1. The normalized spacial score (nSPS) is 17.2. The zero-order valence-electron chi connectivity index (χ0n) is 17.5. The fraction of sp³-hybridized carbons (Fsp3) is 0.591. The molecule has 1 heterocycles. The molecule has 1 aromatic carbocycles. The van der Waals surface area contributed by atoms with E-state index in [1.165, 1.54) is 0 Å². The van der Waals surface area contributed by atoms with Crippen molar-refractivity contribution in [3.63, 3.8) is 0 Å². The SMILES string of the molecule is CCOC(=O)CC1(C(C#N)c2ccc(Cl)cc2)CCN(C(=O)OC(C)(C)C)CC1. The Morgan fingerprint density at radius 1 is 1.24 bits per heavy atom. The van der Waals surface area contributed by atoms with Gasteiger partial charge < -0.3 is 14.4 Å². The quantitative estimate of drug-likeness (QED) is 0.631. The monoisotopic (exact) mass is 420 g/mol. The van der Waals surface area contributed by atoms with Gasteiger partial charge in [-0.3, -0.25) is 4.79 Å². The first-order valence-corrected chi connectivity index (χ1v) is 10.3. The van der Waals surface area contributed by atoms with Crippen LogP contribution < -0.4 is 0 Å². The minimum absolute atomic E-state index is 0.129. The van der Waals surface area contributed by atoms with Gasteiger partial charge >= 0.3 is 12.1 Å². The Hall–Kier alpha value is -2.26. The standard InChI is InChI=1S/C22H29ClN2O4/c1-5-28-19(26)14-22(18(15-24)16-6-8-17(23)9-7-16)10-12-25(13-11-22)20(27)29-21(2,3)4/h6-9,18H,5,10-14H2,1-4H3. The summed E-state index contributed by atoms with van der Waals surface area (Å²) in [5.74, 6) is -0.836. The molecule has 158 valence electrons. The van der Waals surface area contributed by atoms with Crippen molar-refractivity contribution in [3.8, 4) is 6.07 Å². The molecule has 7 heteroatoms. The summed E-state index contributed by atoms with van der Waals surface area (Å²) in [6.45, 7) is 8.36. The van der Waals surface area contributed by atoms with Crippen LogP contribution in [0.3, 0.4) is 0 Å². The molecule has 0 saturated carbocycles. The maximum atomic E-state index is 12.4. The molecule has 1 aromatic rings. The van der Waals surface area contributed by atoms with Crippen LogP contribution >= 0.6 is 11.6 Å². The number of hydrogen-bond donors (Lipinski definition) is 0. The highest BCUT2D eigenvalue weighted by Crippen LogP contribution is 2.47. The third-order valence-corrected chi connectivity index (χ3v) is 5.41. The van der Waals surface area contributed by atoms with Gasteiger partial charge in [0.2, 0.25) is 0 Å². The van der Waals surface area contributed by atoms with Crippen molar-refractivity contribution in [2.75, 3.05) is 19.7 Å². The van der Waals surface area contributed by atoms with Gasteiger partial charge in [-0.25, -0.2) is 4.79 Å². The van der Waals surface area contributed by atoms with Gasteiger partial charge in [-0.2, -0.15) is 5.26 Å². The number of amides is 1. The lowest BCUT2D eigenvalue weighted by Gasteiger charge is -2.44. The van der Waals surface area contributed by atoms with Crippen molar-refractivity contribution in [2.45, 2.75) is 58.5 Å². The second kappa shape index (κ2) is 9.49. The molecule has 0 N–H and O–H groups in total. The first-order chi connectivity index (χ1) is 13.6. The number of nitriles is 1. The average molecular weight is 421 g/mol. The molecule has 1 fully saturated rings. The van der Waals surface area contributed by atoms with Crippen molar-refractivity contribution in [1.82, 2.24) is 4.90 Å². The first kappa shape index (κ1) is 23.0. The van der Waals surface area contributed by atoms with Crippen molar-refractivity contribution in [2.24, 2.45) is 5.41 Å². The van der Waals surface area contributed by atoms with Gasteiger partial charge in [0.15, 0.2) is 0 Å². The van der Waals surface area contributed by atoms with Crippen molar-refractivity contribution >= 4 is 23.7 Å². The minimum Gasteiger partial charge on any atom is -0.466 e. The molecule has 1 saturated heterocycles. The van der Waals surface area contributed by atoms with Crippen LogP contribution in [0.25, 0.3) is 0 Å². The molecule has 1 aliphatic rings. The summed E-state index contributed by atoms with van der Waals surface area (Å²) in [5, 5.41) is 10.6. The van der Waals surface area contributed by atoms with E-state index in [1.54, 1.807) is 24.0 Å². The van der Waals surface area contributed by atoms with Crippen molar-refractivity contribution < 1.29 is 19.1 Å². The number of likely N-dealkylation sites (tertiary alicyclic amines) is 1. The maximum absolute atomic E-state index is 12.4. The van der Waals surface area contributed by atoms with E-state index in [1.807, 2.05) is 32.9 Å². The molecule has 29 heavy (non-hydrogen) atoms. The van der Waals surface area contributed by atoms with Crippen LogP contribution in [0, 0.1) is 16.7 Å². The third kappa shape index (κ3) is 6.11. The van der Waals surface area contributed by atoms with Gasteiger partial charge in [0.25, 0.3) is 0 Å². The predicted molar refractivity (Wildman–Crippen MR) is 111 cm³/mol.